The molecule has 1 aromatic carbocycles. The Balaban J connectivity index is 2.58. The van der Waals surface area contributed by atoms with Crippen LogP contribution in [0.4, 0.5) is 13.2 Å². The minimum absolute atomic E-state index is 0.335. The molecule has 90 valence electrons. The van der Waals surface area contributed by atoms with Crippen LogP contribution in [0.15, 0.2) is 42.6 Å². The molecule has 2 rings (SSSR count). The molecule has 0 N–H and O–H groups in total. The monoisotopic (exact) mass is 248 g/mol. The molecule has 0 saturated heterocycles. The number of rotatable bonds is 1. The molecule has 0 bridgehead atoms. The summed E-state index contributed by atoms with van der Waals surface area (Å²) in [6, 6.07) is 11.0. The molecule has 0 radical (unpaired) electrons. The topological polar surface area (TPSA) is 36.7 Å². The van der Waals surface area contributed by atoms with Gasteiger partial charge < -0.3 is 0 Å². The van der Waals surface area contributed by atoms with Crippen molar-refractivity contribution in [3.63, 3.8) is 0 Å². The van der Waals surface area contributed by atoms with Crippen molar-refractivity contribution in [3.8, 4) is 17.2 Å². The maximum absolute atomic E-state index is 12.7. The molecule has 0 aliphatic carbocycles. The van der Waals surface area contributed by atoms with Crippen molar-refractivity contribution in [2.75, 3.05) is 0 Å². The smallest absolute Gasteiger partial charge is 0.244 e. The van der Waals surface area contributed by atoms with E-state index in [1.807, 2.05) is 0 Å². The third kappa shape index (κ3) is 2.33. The number of pyridine rings is 1. The Kier molecular flexibility index (Phi) is 3.02. The lowest BCUT2D eigenvalue weighted by Gasteiger charge is -2.10. The summed E-state index contributed by atoms with van der Waals surface area (Å²) in [5.74, 6) is 0. The summed E-state index contributed by atoms with van der Waals surface area (Å²) in [4.78, 5) is 3.56. The van der Waals surface area contributed by atoms with Crippen molar-refractivity contribution in [2.45, 2.75) is 6.18 Å². The molecule has 18 heavy (non-hydrogen) atoms. The summed E-state index contributed by atoms with van der Waals surface area (Å²) in [5, 5.41) is 8.63. The summed E-state index contributed by atoms with van der Waals surface area (Å²) in [6.07, 6.45) is -3.31. The molecule has 0 unspecified atom stereocenters. The van der Waals surface area contributed by atoms with E-state index >= 15 is 0 Å². The lowest BCUT2D eigenvalue weighted by Crippen LogP contribution is -2.09. The minimum Gasteiger partial charge on any atom is -0.244 e. The van der Waals surface area contributed by atoms with E-state index < -0.39 is 17.4 Å². The van der Waals surface area contributed by atoms with Crippen LogP contribution in [0.25, 0.3) is 11.1 Å². The van der Waals surface area contributed by atoms with Crippen molar-refractivity contribution < 1.29 is 13.2 Å². The highest BCUT2D eigenvalue weighted by atomic mass is 19.4. The molecular weight excluding hydrogens is 241 g/mol. The molecular formula is C13H7F3N2. The first-order valence-electron chi connectivity index (χ1n) is 5.05. The molecule has 0 aliphatic rings. The van der Waals surface area contributed by atoms with E-state index in [2.05, 4.69) is 4.98 Å². The zero-order chi connectivity index (χ0) is 13.2. The first-order chi connectivity index (χ1) is 8.52. The summed E-state index contributed by atoms with van der Waals surface area (Å²) in [5.41, 5.74) is -0.657. The van der Waals surface area contributed by atoms with Crippen LogP contribution in [-0.2, 0) is 6.18 Å². The molecule has 5 heteroatoms. The van der Waals surface area contributed by atoms with Gasteiger partial charge in [0.1, 0.15) is 6.07 Å². The molecule has 0 atom stereocenters. The molecule has 0 aliphatic heterocycles. The fraction of sp³-hybridized carbons (Fsp3) is 0.0769. The number of hydrogen-bond donors (Lipinski definition) is 0. The Morgan fingerprint density at radius 1 is 1.06 bits per heavy atom. The van der Waals surface area contributed by atoms with E-state index in [-0.39, 0.29) is 0 Å². The van der Waals surface area contributed by atoms with Gasteiger partial charge in [0.05, 0.1) is 5.56 Å². The van der Waals surface area contributed by atoms with Crippen LogP contribution < -0.4 is 0 Å². The molecule has 2 aromatic rings. The molecule has 2 nitrogen and oxygen atoms in total. The van der Waals surface area contributed by atoms with E-state index in [0.29, 0.717) is 11.1 Å². The zero-order valence-corrected chi connectivity index (χ0v) is 9.07. The van der Waals surface area contributed by atoms with Gasteiger partial charge in [-0.1, -0.05) is 30.3 Å². The Morgan fingerprint density at radius 2 is 1.72 bits per heavy atom. The molecule has 0 spiro atoms. The van der Waals surface area contributed by atoms with Crippen molar-refractivity contribution >= 4 is 0 Å². The molecule has 0 fully saturated rings. The highest BCUT2D eigenvalue weighted by molar-refractivity contribution is 5.64. The van der Waals surface area contributed by atoms with Gasteiger partial charge in [0.15, 0.2) is 5.69 Å². The average Bonchev–Trinajstić information content (AvgIpc) is 2.38. The van der Waals surface area contributed by atoms with Crippen molar-refractivity contribution in [3.05, 3.63) is 53.9 Å². The SMILES string of the molecule is N#Cc1ncc(-c2ccccc2)cc1C(F)(F)F. The van der Waals surface area contributed by atoms with E-state index in [1.165, 1.54) is 12.3 Å². The normalized spacial score (nSPS) is 11.0. The maximum Gasteiger partial charge on any atom is 0.419 e. The predicted octanol–water partition coefficient (Wildman–Crippen LogP) is 3.64. The maximum atomic E-state index is 12.7. The number of nitrogens with zero attached hydrogens (tertiary/aromatic N) is 2. The first kappa shape index (κ1) is 12.1. The number of alkyl halides is 3. The van der Waals surface area contributed by atoms with E-state index in [1.54, 1.807) is 30.3 Å². The summed E-state index contributed by atoms with van der Waals surface area (Å²) in [6.45, 7) is 0. The van der Waals surface area contributed by atoms with Gasteiger partial charge in [-0.25, -0.2) is 4.98 Å². The fourth-order valence-electron chi connectivity index (χ4n) is 1.56. The zero-order valence-electron chi connectivity index (χ0n) is 9.07. The first-order valence-corrected chi connectivity index (χ1v) is 5.05. The summed E-state index contributed by atoms with van der Waals surface area (Å²) < 4.78 is 38.2. The second-order valence-corrected chi connectivity index (χ2v) is 3.60. The van der Waals surface area contributed by atoms with Gasteiger partial charge in [-0.2, -0.15) is 18.4 Å². The van der Waals surface area contributed by atoms with Crippen LogP contribution in [0.1, 0.15) is 11.3 Å². The number of halogens is 3. The Morgan fingerprint density at radius 3 is 2.28 bits per heavy atom. The van der Waals surface area contributed by atoms with Crippen LogP contribution in [0.5, 0.6) is 0 Å². The fourth-order valence-corrected chi connectivity index (χ4v) is 1.56. The highest BCUT2D eigenvalue weighted by Gasteiger charge is 2.34. The molecule has 1 aromatic heterocycles. The second-order valence-electron chi connectivity index (χ2n) is 3.60. The Bertz CT molecular complexity index is 598. The van der Waals surface area contributed by atoms with Gasteiger partial charge in [0, 0.05) is 11.8 Å². The van der Waals surface area contributed by atoms with Gasteiger partial charge in [0.25, 0.3) is 0 Å². The summed E-state index contributed by atoms with van der Waals surface area (Å²) in [7, 11) is 0. The predicted molar refractivity (Wildman–Crippen MR) is 59.4 cm³/mol. The van der Waals surface area contributed by atoms with Gasteiger partial charge >= 0.3 is 6.18 Å². The van der Waals surface area contributed by atoms with Crippen molar-refractivity contribution in [2.24, 2.45) is 0 Å². The van der Waals surface area contributed by atoms with Crippen LogP contribution in [0, 0.1) is 11.3 Å². The highest BCUT2D eigenvalue weighted by Crippen LogP contribution is 2.33. The van der Waals surface area contributed by atoms with E-state index in [0.717, 1.165) is 6.07 Å². The summed E-state index contributed by atoms with van der Waals surface area (Å²) >= 11 is 0. The third-order valence-corrected chi connectivity index (χ3v) is 2.41. The van der Waals surface area contributed by atoms with Gasteiger partial charge in [-0.3, -0.25) is 0 Å². The third-order valence-electron chi connectivity index (χ3n) is 2.41. The number of aromatic nitrogens is 1. The van der Waals surface area contributed by atoms with Crippen LogP contribution in [0.3, 0.4) is 0 Å². The largest absolute Gasteiger partial charge is 0.419 e. The van der Waals surface area contributed by atoms with E-state index in [9.17, 15) is 13.2 Å². The quantitative estimate of drug-likeness (QED) is 0.772. The van der Waals surface area contributed by atoms with Crippen LogP contribution in [0.2, 0.25) is 0 Å². The van der Waals surface area contributed by atoms with Gasteiger partial charge in [0.2, 0.25) is 0 Å². The van der Waals surface area contributed by atoms with E-state index in [4.69, 9.17) is 5.26 Å². The number of nitriles is 1. The Labute approximate surface area is 101 Å². The van der Waals surface area contributed by atoms with Gasteiger partial charge in [-0.05, 0) is 11.6 Å². The van der Waals surface area contributed by atoms with Gasteiger partial charge in [-0.15, -0.1) is 0 Å². The van der Waals surface area contributed by atoms with Crippen LogP contribution in [-0.4, -0.2) is 4.98 Å². The van der Waals surface area contributed by atoms with Crippen molar-refractivity contribution in [1.29, 1.82) is 5.26 Å². The standard InChI is InChI=1S/C13H7F3N2/c14-13(15,16)11-6-10(8-18-12(11)7-17)9-4-2-1-3-5-9/h1-6,8H. The lowest BCUT2D eigenvalue weighted by atomic mass is 10.0. The second kappa shape index (κ2) is 4.49. The number of hydrogen-bond acceptors (Lipinski definition) is 2. The average molecular weight is 248 g/mol. The Hall–Kier alpha value is -2.35. The molecule has 0 saturated carbocycles. The minimum atomic E-state index is -4.58. The lowest BCUT2D eigenvalue weighted by molar-refractivity contribution is -0.138. The van der Waals surface area contributed by atoms with Crippen molar-refractivity contribution in [1.82, 2.24) is 4.98 Å². The van der Waals surface area contributed by atoms with Crippen LogP contribution >= 0.6 is 0 Å². The number of benzene rings is 1. The molecule has 0 amide bonds. The molecule has 1 heterocycles.